The molecule has 8 nitrogen and oxygen atoms in total. The molecule has 0 saturated carbocycles. The van der Waals surface area contributed by atoms with E-state index in [2.05, 4.69) is 27.6 Å². The number of aromatic hydroxyl groups is 1. The van der Waals surface area contributed by atoms with Crippen molar-refractivity contribution in [2.24, 2.45) is 4.99 Å². The molecule has 9 heteroatoms. The van der Waals surface area contributed by atoms with E-state index >= 15 is 0 Å². The first-order chi connectivity index (χ1) is 13.7. The number of nitrogens with one attached hydrogen (secondary N) is 2. The van der Waals surface area contributed by atoms with Crippen molar-refractivity contribution in [1.29, 1.82) is 0 Å². The van der Waals surface area contributed by atoms with Gasteiger partial charge in [-0.2, -0.15) is 5.10 Å². The Morgan fingerprint density at radius 1 is 1.34 bits per heavy atom. The molecule has 0 fully saturated rings. The Bertz CT molecular complexity index is 778. The lowest BCUT2D eigenvalue weighted by molar-refractivity contribution is 0.177. The van der Waals surface area contributed by atoms with Crippen molar-refractivity contribution in [3.8, 4) is 5.75 Å². The lowest BCUT2D eigenvalue weighted by Gasteiger charge is -2.25. The van der Waals surface area contributed by atoms with Crippen LogP contribution < -0.4 is 10.6 Å². The molecular weight excluding hydrogens is 483 g/mol. The lowest BCUT2D eigenvalue weighted by atomic mass is 10.1. The number of methoxy groups -OCH3 is 1. The Morgan fingerprint density at radius 3 is 2.86 bits per heavy atom. The molecule has 0 amide bonds. The number of fused-ring (bicyclic) bond motifs is 1. The molecule has 0 radical (unpaired) electrons. The molecule has 1 aliphatic rings. The van der Waals surface area contributed by atoms with Crippen LogP contribution in [0.25, 0.3) is 0 Å². The normalized spacial score (nSPS) is 16.1. The average molecular weight is 514 g/mol. The minimum atomic E-state index is 0. The molecular formula is C20H31IN6O2. The van der Waals surface area contributed by atoms with Crippen LogP contribution in [0.5, 0.6) is 5.75 Å². The molecule has 1 aromatic heterocycles. The van der Waals surface area contributed by atoms with Gasteiger partial charge in [0.2, 0.25) is 0 Å². The molecule has 1 aromatic carbocycles. The van der Waals surface area contributed by atoms with Gasteiger partial charge in [0, 0.05) is 32.7 Å². The molecule has 2 aromatic rings. The maximum atomic E-state index is 9.35. The van der Waals surface area contributed by atoms with Gasteiger partial charge in [0.05, 0.1) is 6.54 Å². The van der Waals surface area contributed by atoms with Crippen LogP contribution in [0.3, 0.4) is 0 Å². The minimum absolute atomic E-state index is 0. The van der Waals surface area contributed by atoms with E-state index in [-0.39, 0.29) is 30.0 Å². The molecule has 0 spiro atoms. The number of hydrogen-bond acceptors (Lipinski definition) is 5. The fraction of sp³-hybridized carbons (Fsp3) is 0.550. The summed E-state index contributed by atoms with van der Waals surface area (Å²) < 4.78 is 7.10. The standard InChI is InChI=1S/C20H30N6O2.HI/c1-3-21-20(22-12-4-5-15-6-9-17(27)10-7-15)23-16-8-11-19-24-18(14-28-2)25-26(19)13-16;/h6-7,9-10,16,27H,3-5,8,11-14H2,1-2H3,(H2,21,22,23);1H. The maximum Gasteiger partial charge on any atom is 0.191 e. The highest BCUT2D eigenvalue weighted by Gasteiger charge is 2.22. The summed E-state index contributed by atoms with van der Waals surface area (Å²) in [6.45, 7) is 4.87. The van der Waals surface area contributed by atoms with Crippen molar-refractivity contribution in [3.05, 3.63) is 41.5 Å². The zero-order chi connectivity index (χ0) is 19.8. The Labute approximate surface area is 189 Å². The summed E-state index contributed by atoms with van der Waals surface area (Å²) in [7, 11) is 1.66. The first-order valence-corrected chi connectivity index (χ1v) is 9.92. The Kier molecular flexibility index (Phi) is 9.65. The fourth-order valence-corrected chi connectivity index (χ4v) is 3.32. The molecule has 3 rings (SSSR count). The van der Waals surface area contributed by atoms with Crippen molar-refractivity contribution in [2.45, 2.75) is 51.8 Å². The van der Waals surface area contributed by atoms with Gasteiger partial charge < -0.3 is 20.5 Å². The van der Waals surface area contributed by atoms with Gasteiger partial charge in [-0.15, -0.1) is 24.0 Å². The highest BCUT2D eigenvalue weighted by Crippen LogP contribution is 2.14. The second kappa shape index (κ2) is 12.0. The smallest absolute Gasteiger partial charge is 0.191 e. The first-order valence-electron chi connectivity index (χ1n) is 9.92. The molecule has 0 bridgehead atoms. The molecule has 0 aliphatic carbocycles. The number of guanidine groups is 1. The molecule has 1 aliphatic heterocycles. The number of phenols is 1. The largest absolute Gasteiger partial charge is 0.508 e. The van der Waals surface area contributed by atoms with Crippen LogP contribution >= 0.6 is 24.0 Å². The van der Waals surface area contributed by atoms with E-state index in [4.69, 9.17) is 9.73 Å². The monoisotopic (exact) mass is 514 g/mol. The molecule has 2 heterocycles. The van der Waals surface area contributed by atoms with Crippen molar-refractivity contribution in [3.63, 3.8) is 0 Å². The highest BCUT2D eigenvalue weighted by atomic mass is 127. The third-order valence-corrected chi connectivity index (χ3v) is 4.69. The molecule has 1 unspecified atom stereocenters. The zero-order valence-corrected chi connectivity index (χ0v) is 19.4. The molecule has 29 heavy (non-hydrogen) atoms. The van der Waals surface area contributed by atoms with Crippen molar-refractivity contribution < 1.29 is 9.84 Å². The Balaban J connectivity index is 0.00000300. The number of rotatable bonds is 8. The van der Waals surface area contributed by atoms with Crippen LogP contribution in [0.2, 0.25) is 0 Å². The van der Waals surface area contributed by atoms with Crippen LogP contribution in [0.15, 0.2) is 29.3 Å². The predicted molar refractivity (Wildman–Crippen MR) is 124 cm³/mol. The van der Waals surface area contributed by atoms with Crippen LogP contribution in [-0.2, 0) is 30.7 Å². The maximum absolute atomic E-state index is 9.35. The number of nitrogens with zero attached hydrogens (tertiary/aromatic N) is 4. The predicted octanol–water partition coefficient (Wildman–Crippen LogP) is 2.25. The third-order valence-electron chi connectivity index (χ3n) is 4.69. The van der Waals surface area contributed by atoms with E-state index in [1.54, 1.807) is 19.2 Å². The van der Waals surface area contributed by atoms with E-state index in [0.29, 0.717) is 12.4 Å². The van der Waals surface area contributed by atoms with Gasteiger partial charge >= 0.3 is 0 Å². The van der Waals surface area contributed by atoms with Gasteiger partial charge in [-0.3, -0.25) is 4.99 Å². The second-order valence-electron chi connectivity index (χ2n) is 6.97. The quantitative estimate of drug-likeness (QED) is 0.217. The number of phenolic OH excluding ortho intramolecular Hbond substituents is 1. The van der Waals surface area contributed by atoms with Gasteiger partial charge in [-0.25, -0.2) is 9.67 Å². The summed E-state index contributed by atoms with van der Waals surface area (Å²) in [5.41, 5.74) is 1.21. The van der Waals surface area contributed by atoms with Gasteiger partial charge in [0.25, 0.3) is 0 Å². The van der Waals surface area contributed by atoms with Gasteiger partial charge in [-0.1, -0.05) is 12.1 Å². The molecule has 0 saturated heterocycles. The Hall–Kier alpha value is -1.88. The first kappa shape index (κ1) is 23.4. The molecule has 160 valence electrons. The minimum Gasteiger partial charge on any atom is -0.508 e. The SMILES string of the molecule is CCNC(=NCCCc1ccc(O)cc1)NC1CCc2nc(COC)nn2C1.I. The molecule has 3 N–H and O–H groups in total. The van der Waals surface area contributed by atoms with Gasteiger partial charge in [-0.05, 0) is 43.9 Å². The van der Waals surface area contributed by atoms with Crippen LogP contribution in [0.4, 0.5) is 0 Å². The Morgan fingerprint density at radius 2 is 2.14 bits per heavy atom. The summed E-state index contributed by atoms with van der Waals surface area (Å²) >= 11 is 0. The van der Waals surface area contributed by atoms with E-state index in [9.17, 15) is 5.11 Å². The number of hydrogen-bond donors (Lipinski definition) is 3. The number of ether oxygens (including phenoxy) is 1. The number of halogens is 1. The summed E-state index contributed by atoms with van der Waals surface area (Å²) in [5.74, 6) is 2.92. The summed E-state index contributed by atoms with van der Waals surface area (Å²) in [5, 5.41) is 20.7. The van der Waals surface area contributed by atoms with E-state index in [1.807, 2.05) is 16.8 Å². The number of aliphatic imine (C=N–C) groups is 1. The van der Waals surface area contributed by atoms with Crippen LogP contribution in [-0.4, -0.2) is 52.1 Å². The van der Waals surface area contributed by atoms with Crippen LogP contribution in [0, 0.1) is 0 Å². The number of benzene rings is 1. The van der Waals surface area contributed by atoms with Crippen LogP contribution in [0.1, 0.15) is 37.0 Å². The van der Waals surface area contributed by atoms with Crippen molar-refractivity contribution >= 4 is 29.9 Å². The number of aryl methyl sites for hydroxylation is 2. The van der Waals surface area contributed by atoms with Gasteiger partial charge in [0.1, 0.15) is 18.2 Å². The number of aromatic nitrogens is 3. The van der Waals surface area contributed by atoms with Crippen molar-refractivity contribution in [2.75, 3.05) is 20.2 Å². The van der Waals surface area contributed by atoms with Crippen molar-refractivity contribution in [1.82, 2.24) is 25.4 Å². The van der Waals surface area contributed by atoms with E-state index < -0.39 is 0 Å². The lowest BCUT2D eigenvalue weighted by Crippen LogP contribution is -2.47. The average Bonchev–Trinajstić information content (AvgIpc) is 3.08. The topological polar surface area (TPSA) is 96.6 Å². The van der Waals surface area contributed by atoms with Gasteiger partial charge in [0.15, 0.2) is 11.8 Å². The fourth-order valence-electron chi connectivity index (χ4n) is 3.32. The van der Waals surface area contributed by atoms with E-state index in [1.165, 1.54) is 5.56 Å². The molecule has 1 atom stereocenters. The summed E-state index contributed by atoms with van der Waals surface area (Å²) in [6.07, 6.45) is 3.80. The zero-order valence-electron chi connectivity index (χ0n) is 17.1. The van der Waals surface area contributed by atoms with E-state index in [0.717, 1.165) is 62.9 Å². The second-order valence-corrected chi connectivity index (χ2v) is 6.97. The summed E-state index contributed by atoms with van der Waals surface area (Å²) in [6, 6.07) is 7.64. The summed E-state index contributed by atoms with van der Waals surface area (Å²) in [4.78, 5) is 9.23. The third kappa shape index (κ3) is 7.14. The highest BCUT2D eigenvalue weighted by molar-refractivity contribution is 14.0.